The number of methoxy groups -OCH3 is 2. The number of hydrogen-bond acceptors (Lipinski definition) is 3. The van der Waals surface area contributed by atoms with Crippen molar-refractivity contribution in [2.45, 2.75) is 19.6 Å². The zero-order chi connectivity index (χ0) is 14.6. The SMILES string of the molecule is CN=C(NCCCOC)NCc1ccc(COC)cc1. The number of nitrogens with one attached hydrogen (secondary N) is 2. The van der Waals surface area contributed by atoms with Gasteiger partial charge in [0.05, 0.1) is 6.61 Å². The van der Waals surface area contributed by atoms with Crippen molar-refractivity contribution in [1.82, 2.24) is 10.6 Å². The molecule has 0 aliphatic heterocycles. The lowest BCUT2D eigenvalue weighted by Gasteiger charge is -2.12. The molecule has 5 heteroatoms. The summed E-state index contributed by atoms with van der Waals surface area (Å²) in [5, 5.41) is 6.53. The number of guanidine groups is 1. The summed E-state index contributed by atoms with van der Waals surface area (Å²) in [7, 11) is 5.18. The second-order valence-electron chi connectivity index (χ2n) is 4.45. The van der Waals surface area contributed by atoms with Crippen molar-refractivity contribution in [2.75, 3.05) is 34.4 Å². The predicted molar refractivity (Wildman–Crippen MR) is 81.8 cm³/mol. The van der Waals surface area contributed by atoms with Crippen LogP contribution in [0.3, 0.4) is 0 Å². The highest BCUT2D eigenvalue weighted by Gasteiger charge is 1.98. The topological polar surface area (TPSA) is 54.9 Å². The number of hydrogen-bond donors (Lipinski definition) is 2. The van der Waals surface area contributed by atoms with E-state index in [4.69, 9.17) is 9.47 Å². The highest BCUT2D eigenvalue weighted by molar-refractivity contribution is 5.79. The fourth-order valence-electron chi connectivity index (χ4n) is 1.75. The molecule has 2 N–H and O–H groups in total. The van der Waals surface area contributed by atoms with Gasteiger partial charge in [-0.1, -0.05) is 24.3 Å². The molecular weight excluding hydrogens is 254 g/mol. The van der Waals surface area contributed by atoms with Crippen LogP contribution in [-0.4, -0.2) is 40.4 Å². The van der Waals surface area contributed by atoms with Crippen LogP contribution in [0.25, 0.3) is 0 Å². The molecule has 1 aromatic rings. The molecule has 0 bridgehead atoms. The van der Waals surface area contributed by atoms with Crippen LogP contribution >= 0.6 is 0 Å². The molecule has 0 atom stereocenters. The molecule has 0 fully saturated rings. The highest BCUT2D eigenvalue weighted by Crippen LogP contribution is 2.05. The van der Waals surface area contributed by atoms with E-state index in [1.165, 1.54) is 11.1 Å². The number of benzene rings is 1. The van der Waals surface area contributed by atoms with Gasteiger partial charge in [0, 0.05) is 41.0 Å². The Bertz CT molecular complexity index is 391. The zero-order valence-corrected chi connectivity index (χ0v) is 12.6. The van der Waals surface area contributed by atoms with Crippen LogP contribution in [-0.2, 0) is 22.6 Å². The molecule has 0 spiro atoms. The van der Waals surface area contributed by atoms with Crippen molar-refractivity contribution in [3.05, 3.63) is 35.4 Å². The molecule has 0 saturated carbocycles. The van der Waals surface area contributed by atoms with E-state index in [0.29, 0.717) is 6.61 Å². The van der Waals surface area contributed by atoms with Crippen molar-refractivity contribution in [3.8, 4) is 0 Å². The number of rotatable bonds is 8. The lowest BCUT2D eigenvalue weighted by molar-refractivity contribution is 0.185. The van der Waals surface area contributed by atoms with Gasteiger partial charge in [-0.25, -0.2) is 0 Å². The van der Waals surface area contributed by atoms with Crippen LogP contribution in [0.4, 0.5) is 0 Å². The second-order valence-corrected chi connectivity index (χ2v) is 4.45. The second kappa shape index (κ2) is 10.2. The van der Waals surface area contributed by atoms with E-state index in [1.54, 1.807) is 21.3 Å². The summed E-state index contributed by atoms with van der Waals surface area (Å²) in [5.74, 6) is 0.807. The van der Waals surface area contributed by atoms with Crippen molar-refractivity contribution in [1.29, 1.82) is 0 Å². The fraction of sp³-hybridized carbons (Fsp3) is 0.533. The Balaban J connectivity index is 2.32. The molecule has 0 amide bonds. The maximum atomic E-state index is 5.09. The molecular formula is C15H25N3O2. The normalized spacial score (nSPS) is 11.4. The van der Waals surface area contributed by atoms with E-state index in [9.17, 15) is 0 Å². The first-order chi connectivity index (χ1) is 9.80. The molecule has 0 aliphatic carbocycles. The van der Waals surface area contributed by atoms with Gasteiger partial charge in [0.15, 0.2) is 5.96 Å². The van der Waals surface area contributed by atoms with E-state index in [1.807, 2.05) is 0 Å². The standard InChI is InChI=1S/C15H25N3O2/c1-16-15(17-9-4-10-19-2)18-11-13-5-7-14(8-6-13)12-20-3/h5-8H,4,9-12H2,1-3H3,(H2,16,17,18). The first kappa shape index (κ1) is 16.5. The van der Waals surface area contributed by atoms with E-state index in [-0.39, 0.29) is 0 Å². The Morgan fingerprint density at radius 3 is 2.35 bits per heavy atom. The third-order valence-electron chi connectivity index (χ3n) is 2.84. The summed E-state index contributed by atoms with van der Waals surface area (Å²) in [6.07, 6.45) is 0.961. The average molecular weight is 279 g/mol. The Hall–Kier alpha value is -1.59. The minimum absolute atomic E-state index is 0.649. The number of nitrogens with zero attached hydrogens (tertiary/aromatic N) is 1. The molecule has 0 saturated heterocycles. The van der Waals surface area contributed by atoms with Crippen molar-refractivity contribution >= 4 is 5.96 Å². The van der Waals surface area contributed by atoms with Gasteiger partial charge < -0.3 is 20.1 Å². The summed E-state index contributed by atoms with van der Waals surface area (Å²) in [6.45, 7) is 3.00. The molecule has 112 valence electrons. The summed E-state index contributed by atoms with van der Waals surface area (Å²) in [6, 6.07) is 8.35. The molecule has 0 aromatic heterocycles. The summed E-state index contributed by atoms with van der Waals surface area (Å²) in [4.78, 5) is 4.18. The Labute approximate surface area is 121 Å². The van der Waals surface area contributed by atoms with E-state index < -0.39 is 0 Å². The fourth-order valence-corrected chi connectivity index (χ4v) is 1.75. The highest BCUT2D eigenvalue weighted by atomic mass is 16.5. The third-order valence-corrected chi connectivity index (χ3v) is 2.84. The number of aliphatic imine (C=N–C) groups is 1. The average Bonchev–Trinajstić information content (AvgIpc) is 2.48. The van der Waals surface area contributed by atoms with E-state index in [2.05, 4.69) is 39.9 Å². The maximum absolute atomic E-state index is 5.09. The van der Waals surface area contributed by atoms with Gasteiger partial charge in [-0.2, -0.15) is 0 Å². The molecule has 0 unspecified atom stereocenters. The van der Waals surface area contributed by atoms with Gasteiger partial charge in [-0.3, -0.25) is 4.99 Å². The summed E-state index contributed by atoms with van der Waals surface area (Å²) in [5.41, 5.74) is 2.39. The monoisotopic (exact) mass is 279 g/mol. The van der Waals surface area contributed by atoms with Gasteiger partial charge in [-0.05, 0) is 17.5 Å². The van der Waals surface area contributed by atoms with Crippen molar-refractivity contribution in [2.24, 2.45) is 4.99 Å². The molecule has 0 radical (unpaired) electrons. The zero-order valence-electron chi connectivity index (χ0n) is 12.6. The minimum Gasteiger partial charge on any atom is -0.385 e. The van der Waals surface area contributed by atoms with Crippen LogP contribution in [0.2, 0.25) is 0 Å². The van der Waals surface area contributed by atoms with Gasteiger partial charge >= 0.3 is 0 Å². The Morgan fingerprint density at radius 1 is 1.05 bits per heavy atom. The first-order valence-corrected chi connectivity index (χ1v) is 6.80. The molecule has 20 heavy (non-hydrogen) atoms. The van der Waals surface area contributed by atoms with Crippen LogP contribution in [0.15, 0.2) is 29.3 Å². The molecule has 1 aromatic carbocycles. The maximum Gasteiger partial charge on any atom is 0.191 e. The van der Waals surface area contributed by atoms with Crippen molar-refractivity contribution in [3.63, 3.8) is 0 Å². The van der Waals surface area contributed by atoms with Crippen LogP contribution < -0.4 is 10.6 Å². The molecule has 0 aliphatic rings. The van der Waals surface area contributed by atoms with E-state index in [0.717, 1.165) is 32.1 Å². The van der Waals surface area contributed by atoms with Gasteiger partial charge in [0.2, 0.25) is 0 Å². The Morgan fingerprint density at radius 2 is 1.75 bits per heavy atom. The molecule has 1 rings (SSSR count). The molecule has 5 nitrogen and oxygen atoms in total. The van der Waals surface area contributed by atoms with Gasteiger partial charge in [0.1, 0.15) is 0 Å². The lowest BCUT2D eigenvalue weighted by Crippen LogP contribution is -2.37. The van der Waals surface area contributed by atoms with Crippen LogP contribution in [0, 0.1) is 0 Å². The smallest absolute Gasteiger partial charge is 0.191 e. The van der Waals surface area contributed by atoms with Gasteiger partial charge in [0.25, 0.3) is 0 Å². The molecule has 0 heterocycles. The number of ether oxygens (including phenoxy) is 2. The summed E-state index contributed by atoms with van der Waals surface area (Å²) < 4.78 is 10.1. The predicted octanol–water partition coefficient (Wildman–Crippen LogP) is 1.53. The van der Waals surface area contributed by atoms with Crippen molar-refractivity contribution < 1.29 is 9.47 Å². The minimum atomic E-state index is 0.649. The third kappa shape index (κ3) is 6.54. The quantitative estimate of drug-likeness (QED) is 0.430. The van der Waals surface area contributed by atoms with Crippen LogP contribution in [0.5, 0.6) is 0 Å². The largest absolute Gasteiger partial charge is 0.385 e. The van der Waals surface area contributed by atoms with Crippen LogP contribution in [0.1, 0.15) is 17.5 Å². The first-order valence-electron chi connectivity index (χ1n) is 6.80. The van der Waals surface area contributed by atoms with E-state index >= 15 is 0 Å². The Kier molecular flexibility index (Phi) is 8.42. The summed E-state index contributed by atoms with van der Waals surface area (Å²) >= 11 is 0. The van der Waals surface area contributed by atoms with Gasteiger partial charge in [-0.15, -0.1) is 0 Å². The lowest BCUT2D eigenvalue weighted by atomic mass is 10.1.